The number of thiophene rings is 2. The second-order valence-corrected chi connectivity index (χ2v) is 3.47. The molecule has 2 heterocycles. The summed E-state index contributed by atoms with van der Waals surface area (Å²) >= 11 is 3.61. The molecule has 0 spiro atoms. The van der Waals surface area contributed by atoms with Crippen LogP contribution in [0.3, 0.4) is 0 Å². The highest BCUT2D eigenvalue weighted by Crippen LogP contribution is 2.25. The molecule has 2 aromatic rings. The summed E-state index contributed by atoms with van der Waals surface area (Å²) in [6, 6.07) is 4.31. The van der Waals surface area contributed by atoms with Gasteiger partial charge < -0.3 is 0 Å². The van der Waals surface area contributed by atoms with Crippen LogP contribution >= 0.6 is 22.7 Å². The Morgan fingerprint density at radius 1 is 0.900 bits per heavy atom. The summed E-state index contributed by atoms with van der Waals surface area (Å²) in [6.07, 6.45) is 0. The standard InChI is InChI=1S/C6H4S2.C2H4/c1-3-7-6-2-4-8-5(1)6;1-2/h1-4H;1-2H2. The Morgan fingerprint density at radius 3 is 1.70 bits per heavy atom. The topological polar surface area (TPSA) is 0 Å². The van der Waals surface area contributed by atoms with Crippen LogP contribution in [-0.4, -0.2) is 0 Å². The van der Waals surface area contributed by atoms with E-state index in [1.165, 1.54) is 9.40 Å². The molecule has 0 N–H and O–H groups in total. The number of hydrogen-bond acceptors (Lipinski definition) is 2. The smallest absolute Gasteiger partial charge is 0.0450 e. The lowest BCUT2D eigenvalue weighted by Gasteiger charge is -1.63. The fraction of sp³-hybridized carbons (Fsp3) is 0. The van der Waals surface area contributed by atoms with Gasteiger partial charge in [-0.3, -0.25) is 0 Å². The largest absolute Gasteiger partial charge is 0.143 e. The highest BCUT2D eigenvalue weighted by Gasteiger charge is 1.90. The van der Waals surface area contributed by atoms with Crippen LogP contribution in [0.5, 0.6) is 0 Å². The molecule has 0 nitrogen and oxygen atoms in total. The maximum atomic E-state index is 3.00. The molecule has 0 aliphatic heterocycles. The van der Waals surface area contributed by atoms with Gasteiger partial charge in [0.15, 0.2) is 0 Å². The molecule has 0 aliphatic rings. The van der Waals surface area contributed by atoms with Crippen molar-refractivity contribution in [2.24, 2.45) is 0 Å². The van der Waals surface area contributed by atoms with Crippen LogP contribution in [0.25, 0.3) is 9.40 Å². The Balaban J connectivity index is 0.000000231. The monoisotopic (exact) mass is 168 g/mol. The molecule has 0 aliphatic carbocycles. The van der Waals surface area contributed by atoms with Crippen LogP contribution in [0, 0.1) is 0 Å². The zero-order valence-electron chi connectivity index (χ0n) is 5.54. The van der Waals surface area contributed by atoms with E-state index in [9.17, 15) is 0 Å². The molecule has 10 heavy (non-hydrogen) atoms. The molecule has 0 amide bonds. The normalized spacial score (nSPS) is 8.80. The summed E-state index contributed by atoms with van der Waals surface area (Å²) in [5.74, 6) is 0. The van der Waals surface area contributed by atoms with Gasteiger partial charge >= 0.3 is 0 Å². The zero-order chi connectivity index (χ0) is 7.40. The Morgan fingerprint density at radius 2 is 1.30 bits per heavy atom. The average Bonchev–Trinajstić information content (AvgIpc) is 2.49. The summed E-state index contributed by atoms with van der Waals surface area (Å²) < 4.78 is 2.82. The maximum Gasteiger partial charge on any atom is 0.0450 e. The van der Waals surface area contributed by atoms with Gasteiger partial charge in [-0.25, -0.2) is 0 Å². The minimum atomic E-state index is 1.41. The van der Waals surface area contributed by atoms with E-state index < -0.39 is 0 Å². The van der Waals surface area contributed by atoms with Crippen molar-refractivity contribution in [1.82, 2.24) is 0 Å². The van der Waals surface area contributed by atoms with E-state index in [-0.39, 0.29) is 0 Å². The van der Waals surface area contributed by atoms with Crippen LogP contribution in [0.4, 0.5) is 0 Å². The molecule has 2 rings (SSSR count). The molecular formula is C8H8S2. The van der Waals surface area contributed by atoms with Gasteiger partial charge in [-0.1, -0.05) is 0 Å². The first kappa shape index (κ1) is 7.51. The molecule has 0 saturated carbocycles. The van der Waals surface area contributed by atoms with Gasteiger partial charge in [-0.05, 0) is 22.9 Å². The lowest BCUT2D eigenvalue weighted by molar-refractivity contribution is 2.24. The summed E-state index contributed by atoms with van der Waals surface area (Å²) in [6.45, 7) is 6.00. The quantitative estimate of drug-likeness (QED) is 0.525. The van der Waals surface area contributed by atoms with Gasteiger partial charge in [0.1, 0.15) is 0 Å². The van der Waals surface area contributed by atoms with Gasteiger partial charge in [-0.2, -0.15) is 0 Å². The predicted molar refractivity (Wildman–Crippen MR) is 51.0 cm³/mol. The van der Waals surface area contributed by atoms with Gasteiger partial charge in [-0.15, -0.1) is 35.8 Å². The van der Waals surface area contributed by atoms with E-state index in [0.717, 1.165) is 0 Å². The fourth-order valence-electron chi connectivity index (χ4n) is 0.697. The van der Waals surface area contributed by atoms with Gasteiger partial charge in [0.25, 0.3) is 0 Å². The Bertz CT molecular complexity index is 241. The third-order valence-corrected chi connectivity index (χ3v) is 2.97. The van der Waals surface area contributed by atoms with Crippen molar-refractivity contribution in [3.8, 4) is 0 Å². The Labute approximate surface area is 68.4 Å². The Kier molecular flexibility index (Phi) is 2.66. The Hall–Kier alpha value is -0.600. The first-order chi connectivity index (χ1) is 4.97. The van der Waals surface area contributed by atoms with Gasteiger partial charge in [0.2, 0.25) is 0 Å². The number of hydrogen-bond donors (Lipinski definition) is 0. The molecule has 0 fully saturated rings. The van der Waals surface area contributed by atoms with Crippen LogP contribution in [0.15, 0.2) is 36.1 Å². The third-order valence-electron chi connectivity index (χ3n) is 1.07. The summed E-state index contributed by atoms with van der Waals surface area (Å²) in [4.78, 5) is 0. The lowest BCUT2D eigenvalue weighted by Crippen LogP contribution is -1.33. The molecule has 2 aromatic heterocycles. The first-order valence-corrected chi connectivity index (χ1v) is 4.63. The predicted octanol–water partition coefficient (Wildman–Crippen LogP) is 3.77. The molecule has 0 bridgehead atoms. The molecular weight excluding hydrogens is 160 g/mol. The number of rotatable bonds is 0. The molecule has 2 heteroatoms. The summed E-state index contributed by atoms with van der Waals surface area (Å²) in [5, 5.41) is 4.25. The SMILES string of the molecule is C=C.c1cc2sccc2s1. The molecule has 0 unspecified atom stereocenters. The summed E-state index contributed by atoms with van der Waals surface area (Å²) in [7, 11) is 0. The van der Waals surface area contributed by atoms with Crippen molar-refractivity contribution < 1.29 is 0 Å². The van der Waals surface area contributed by atoms with Crippen molar-refractivity contribution in [3.05, 3.63) is 36.1 Å². The van der Waals surface area contributed by atoms with Crippen LogP contribution in [0.1, 0.15) is 0 Å². The second kappa shape index (κ2) is 3.54. The highest BCUT2D eigenvalue weighted by atomic mass is 32.1. The van der Waals surface area contributed by atoms with Crippen molar-refractivity contribution >= 4 is 32.1 Å². The molecule has 52 valence electrons. The minimum Gasteiger partial charge on any atom is -0.143 e. The van der Waals surface area contributed by atoms with E-state index in [4.69, 9.17) is 0 Å². The molecule has 0 radical (unpaired) electrons. The van der Waals surface area contributed by atoms with E-state index in [1.807, 2.05) is 0 Å². The van der Waals surface area contributed by atoms with Gasteiger partial charge in [0.05, 0.1) is 0 Å². The lowest BCUT2D eigenvalue weighted by atomic mass is 10.5. The van der Waals surface area contributed by atoms with E-state index >= 15 is 0 Å². The zero-order valence-corrected chi connectivity index (χ0v) is 7.17. The summed E-state index contributed by atoms with van der Waals surface area (Å²) in [5.41, 5.74) is 0. The second-order valence-electron chi connectivity index (χ2n) is 1.57. The van der Waals surface area contributed by atoms with Crippen molar-refractivity contribution in [3.63, 3.8) is 0 Å². The van der Waals surface area contributed by atoms with Gasteiger partial charge in [0, 0.05) is 9.40 Å². The maximum absolute atomic E-state index is 3.00. The van der Waals surface area contributed by atoms with Crippen LogP contribution in [0.2, 0.25) is 0 Å². The molecule has 0 aromatic carbocycles. The van der Waals surface area contributed by atoms with Crippen molar-refractivity contribution in [1.29, 1.82) is 0 Å². The molecule has 0 atom stereocenters. The van der Waals surface area contributed by atoms with E-state index in [1.54, 1.807) is 22.7 Å². The number of fused-ring (bicyclic) bond motifs is 1. The third kappa shape index (κ3) is 1.28. The average molecular weight is 168 g/mol. The van der Waals surface area contributed by atoms with Crippen LogP contribution < -0.4 is 0 Å². The van der Waals surface area contributed by atoms with E-state index in [2.05, 4.69) is 36.1 Å². The highest BCUT2D eigenvalue weighted by molar-refractivity contribution is 7.25. The van der Waals surface area contributed by atoms with E-state index in [0.29, 0.717) is 0 Å². The van der Waals surface area contributed by atoms with Crippen molar-refractivity contribution in [2.75, 3.05) is 0 Å². The minimum absolute atomic E-state index is 1.41. The van der Waals surface area contributed by atoms with Crippen molar-refractivity contribution in [2.45, 2.75) is 0 Å². The molecule has 0 saturated heterocycles. The first-order valence-electron chi connectivity index (χ1n) is 2.87. The fourth-order valence-corrected chi connectivity index (χ4v) is 2.52. The van der Waals surface area contributed by atoms with Crippen LogP contribution in [-0.2, 0) is 0 Å².